The molecule has 1 N–H and O–H groups in total. The van der Waals surface area contributed by atoms with Gasteiger partial charge in [0.25, 0.3) is 11.8 Å². The van der Waals surface area contributed by atoms with Gasteiger partial charge in [-0.15, -0.1) is 0 Å². The molecule has 0 saturated heterocycles. The van der Waals surface area contributed by atoms with Gasteiger partial charge < -0.3 is 9.84 Å². The van der Waals surface area contributed by atoms with Crippen molar-refractivity contribution in [3.63, 3.8) is 0 Å². The summed E-state index contributed by atoms with van der Waals surface area (Å²) in [5.41, 5.74) is 1.63. The van der Waals surface area contributed by atoms with Gasteiger partial charge in [0.1, 0.15) is 0 Å². The lowest BCUT2D eigenvalue weighted by molar-refractivity contribution is -0.113. The molecule has 0 aliphatic carbocycles. The summed E-state index contributed by atoms with van der Waals surface area (Å²) in [5, 5.41) is 9.92. The smallest absolute Gasteiger partial charge is 0.261 e. The van der Waals surface area contributed by atoms with E-state index in [1.54, 1.807) is 24.3 Å². The highest BCUT2D eigenvalue weighted by molar-refractivity contribution is 6.21. The van der Waals surface area contributed by atoms with Crippen LogP contribution in [-0.4, -0.2) is 34.7 Å². The number of carbonyl (C=O) groups is 2. The van der Waals surface area contributed by atoms with Crippen LogP contribution in [-0.2, 0) is 11.3 Å². The minimum atomic E-state index is -1.22. The maximum absolute atomic E-state index is 12.2. The highest BCUT2D eigenvalue weighted by Crippen LogP contribution is 2.22. The lowest BCUT2D eigenvalue weighted by atomic mass is 10.1. The van der Waals surface area contributed by atoms with Gasteiger partial charge in [0.2, 0.25) is 0 Å². The Balaban J connectivity index is 1.62. The van der Waals surface area contributed by atoms with E-state index in [1.807, 2.05) is 30.3 Å². The van der Waals surface area contributed by atoms with Gasteiger partial charge >= 0.3 is 0 Å². The molecule has 0 fully saturated rings. The molecule has 1 atom stereocenters. The third-order valence-corrected chi connectivity index (χ3v) is 3.50. The van der Waals surface area contributed by atoms with Crippen molar-refractivity contribution in [1.82, 2.24) is 4.90 Å². The topological polar surface area (TPSA) is 66.8 Å². The first-order chi connectivity index (χ1) is 10.7. The van der Waals surface area contributed by atoms with Gasteiger partial charge in [-0.2, -0.15) is 0 Å². The third-order valence-electron chi connectivity index (χ3n) is 3.50. The van der Waals surface area contributed by atoms with Crippen LogP contribution in [0, 0.1) is 0 Å². The van der Waals surface area contributed by atoms with Gasteiger partial charge in [0, 0.05) is 0 Å². The van der Waals surface area contributed by atoms with Crippen molar-refractivity contribution in [3.05, 3.63) is 71.3 Å². The largest absolute Gasteiger partial charge is 0.366 e. The molecule has 1 aliphatic heterocycles. The van der Waals surface area contributed by atoms with Crippen LogP contribution in [0.1, 0.15) is 26.3 Å². The number of aliphatic hydroxyl groups is 1. The molecule has 1 unspecified atom stereocenters. The molecule has 2 aromatic carbocycles. The summed E-state index contributed by atoms with van der Waals surface area (Å²) in [7, 11) is 0. The van der Waals surface area contributed by atoms with E-state index in [9.17, 15) is 14.7 Å². The molecule has 0 spiro atoms. The molecule has 3 rings (SSSR count). The maximum Gasteiger partial charge on any atom is 0.261 e. The van der Waals surface area contributed by atoms with Gasteiger partial charge in [-0.3, -0.25) is 14.5 Å². The number of amides is 2. The van der Waals surface area contributed by atoms with Crippen molar-refractivity contribution in [2.24, 2.45) is 0 Å². The van der Waals surface area contributed by atoms with Crippen LogP contribution in [0.2, 0.25) is 0 Å². The summed E-state index contributed by atoms with van der Waals surface area (Å²) in [4.78, 5) is 25.3. The number of hydrogen-bond acceptors (Lipinski definition) is 4. The molecular weight excluding hydrogens is 282 g/mol. The standard InChI is InChI=1S/C17H15NO4/c19-15(22-11-12-6-2-1-3-7-12)10-18-16(20)13-8-4-5-9-14(13)17(18)21/h1-9,15,19H,10-11H2. The second-order valence-electron chi connectivity index (χ2n) is 5.02. The Hall–Kier alpha value is -2.50. The fourth-order valence-electron chi connectivity index (χ4n) is 2.38. The average molecular weight is 297 g/mol. The Morgan fingerprint density at radius 2 is 1.45 bits per heavy atom. The molecule has 112 valence electrons. The molecule has 1 heterocycles. The Morgan fingerprint density at radius 3 is 2.05 bits per heavy atom. The highest BCUT2D eigenvalue weighted by atomic mass is 16.6. The van der Waals surface area contributed by atoms with Crippen LogP contribution >= 0.6 is 0 Å². The van der Waals surface area contributed by atoms with Crippen molar-refractivity contribution in [3.8, 4) is 0 Å². The zero-order valence-corrected chi connectivity index (χ0v) is 11.8. The average Bonchev–Trinajstić information content (AvgIpc) is 2.79. The lowest BCUT2D eigenvalue weighted by Gasteiger charge is -2.18. The lowest BCUT2D eigenvalue weighted by Crippen LogP contribution is -2.37. The maximum atomic E-state index is 12.2. The van der Waals surface area contributed by atoms with E-state index in [0.29, 0.717) is 11.1 Å². The zero-order chi connectivity index (χ0) is 15.5. The van der Waals surface area contributed by atoms with Crippen LogP contribution < -0.4 is 0 Å². The number of benzene rings is 2. The van der Waals surface area contributed by atoms with Crippen molar-refractivity contribution in [1.29, 1.82) is 0 Å². The number of hydrogen-bond donors (Lipinski definition) is 1. The van der Waals surface area contributed by atoms with E-state index in [2.05, 4.69) is 0 Å². The van der Waals surface area contributed by atoms with Crippen LogP contribution in [0.25, 0.3) is 0 Å². The molecule has 22 heavy (non-hydrogen) atoms. The van der Waals surface area contributed by atoms with Crippen LogP contribution in [0.4, 0.5) is 0 Å². The number of imide groups is 1. The van der Waals surface area contributed by atoms with Crippen molar-refractivity contribution >= 4 is 11.8 Å². The van der Waals surface area contributed by atoms with Gasteiger partial charge in [-0.25, -0.2) is 0 Å². The molecule has 0 radical (unpaired) electrons. The number of β-amino-alcohol motifs (C(OH)–C–C–N with tert-alkyl or cyclic N) is 1. The second-order valence-corrected chi connectivity index (χ2v) is 5.02. The van der Waals surface area contributed by atoms with E-state index in [4.69, 9.17) is 4.74 Å². The number of fused-ring (bicyclic) bond motifs is 1. The number of nitrogens with zero attached hydrogens (tertiary/aromatic N) is 1. The van der Waals surface area contributed by atoms with Gasteiger partial charge in [-0.1, -0.05) is 42.5 Å². The monoisotopic (exact) mass is 297 g/mol. The minimum Gasteiger partial charge on any atom is -0.366 e. The molecule has 2 amide bonds. The Bertz CT molecular complexity index is 664. The van der Waals surface area contributed by atoms with E-state index in [0.717, 1.165) is 10.5 Å². The van der Waals surface area contributed by atoms with Crippen LogP contribution in [0.3, 0.4) is 0 Å². The fourth-order valence-corrected chi connectivity index (χ4v) is 2.38. The van der Waals surface area contributed by atoms with E-state index in [-0.39, 0.29) is 13.2 Å². The molecule has 5 heteroatoms. The number of ether oxygens (including phenoxy) is 1. The van der Waals surface area contributed by atoms with Crippen LogP contribution in [0.15, 0.2) is 54.6 Å². The quantitative estimate of drug-likeness (QED) is 0.675. The third kappa shape index (κ3) is 2.77. The molecule has 0 bridgehead atoms. The second kappa shape index (κ2) is 6.09. The fraction of sp³-hybridized carbons (Fsp3) is 0.176. The predicted octanol–water partition coefficient (Wildman–Crippen LogP) is 1.82. The Kier molecular flexibility index (Phi) is 4.00. The summed E-state index contributed by atoms with van der Waals surface area (Å²) in [6, 6.07) is 16.0. The van der Waals surface area contributed by atoms with E-state index < -0.39 is 18.1 Å². The van der Waals surface area contributed by atoms with Crippen molar-refractivity contribution in [2.45, 2.75) is 12.9 Å². The molecule has 1 aliphatic rings. The predicted molar refractivity (Wildman–Crippen MR) is 79.0 cm³/mol. The number of aliphatic hydroxyl groups excluding tert-OH is 1. The molecule has 0 aromatic heterocycles. The first kappa shape index (κ1) is 14.4. The number of carbonyl (C=O) groups excluding carboxylic acids is 2. The summed E-state index contributed by atoms with van der Waals surface area (Å²) >= 11 is 0. The summed E-state index contributed by atoms with van der Waals surface area (Å²) in [6.45, 7) is 0.0321. The summed E-state index contributed by atoms with van der Waals surface area (Å²) < 4.78 is 5.29. The van der Waals surface area contributed by atoms with Crippen molar-refractivity contribution in [2.75, 3.05) is 6.54 Å². The van der Waals surface area contributed by atoms with Crippen molar-refractivity contribution < 1.29 is 19.4 Å². The van der Waals surface area contributed by atoms with Gasteiger partial charge in [-0.05, 0) is 17.7 Å². The van der Waals surface area contributed by atoms with Crippen LogP contribution in [0.5, 0.6) is 0 Å². The van der Waals surface area contributed by atoms with Gasteiger partial charge in [0.05, 0.1) is 24.3 Å². The Labute approximate surface area is 127 Å². The van der Waals surface area contributed by atoms with E-state index >= 15 is 0 Å². The minimum absolute atomic E-state index is 0.181. The van der Waals surface area contributed by atoms with E-state index in [1.165, 1.54) is 0 Å². The normalized spacial score (nSPS) is 15.0. The first-order valence-corrected chi connectivity index (χ1v) is 6.95. The summed E-state index contributed by atoms with van der Waals surface area (Å²) in [6.07, 6.45) is -1.22. The zero-order valence-electron chi connectivity index (χ0n) is 11.8. The Morgan fingerprint density at radius 1 is 0.909 bits per heavy atom. The highest BCUT2D eigenvalue weighted by Gasteiger charge is 2.36. The molecule has 5 nitrogen and oxygen atoms in total. The molecule has 0 saturated carbocycles. The number of rotatable bonds is 5. The first-order valence-electron chi connectivity index (χ1n) is 6.95. The SMILES string of the molecule is O=C1c2ccccc2C(=O)N1CC(O)OCc1ccccc1. The van der Waals surface area contributed by atoms with Gasteiger partial charge in [0.15, 0.2) is 6.29 Å². The summed E-state index contributed by atoms with van der Waals surface area (Å²) in [5.74, 6) is -0.800. The molecule has 2 aromatic rings. The molecular formula is C17H15NO4.